The Morgan fingerprint density at radius 3 is 2.57 bits per heavy atom. The molecule has 1 rings (SSSR count). The summed E-state index contributed by atoms with van der Waals surface area (Å²) in [6.07, 6.45) is 9.61. The molecule has 1 unspecified atom stereocenters. The van der Waals surface area contributed by atoms with Gasteiger partial charge in [-0.2, -0.15) is 0 Å². The van der Waals surface area contributed by atoms with Crippen LogP contribution < -0.4 is 0 Å². The number of hydrogen-bond donors (Lipinski definition) is 1. The fourth-order valence-corrected chi connectivity index (χ4v) is 2.40. The summed E-state index contributed by atoms with van der Waals surface area (Å²) in [5.41, 5.74) is 0. The van der Waals surface area contributed by atoms with E-state index in [9.17, 15) is 4.79 Å². The zero-order valence-electron chi connectivity index (χ0n) is 9.17. The SMILES string of the molecule is CC(CCC1CCCCC1)CC(=O)O. The monoisotopic (exact) mass is 198 g/mol. The largest absolute Gasteiger partial charge is 0.481 e. The lowest BCUT2D eigenvalue weighted by atomic mass is 9.84. The second-order valence-corrected chi connectivity index (χ2v) is 4.78. The van der Waals surface area contributed by atoms with Crippen LogP contribution in [0.15, 0.2) is 0 Å². The van der Waals surface area contributed by atoms with E-state index in [2.05, 4.69) is 6.92 Å². The van der Waals surface area contributed by atoms with Gasteiger partial charge in [-0.25, -0.2) is 0 Å². The van der Waals surface area contributed by atoms with Crippen LogP contribution in [0.1, 0.15) is 58.3 Å². The number of carboxylic acid groups (broad SMARTS) is 1. The van der Waals surface area contributed by atoms with E-state index in [1.54, 1.807) is 0 Å². The maximum absolute atomic E-state index is 10.5. The molecule has 0 aromatic rings. The fraction of sp³-hybridized carbons (Fsp3) is 0.917. The van der Waals surface area contributed by atoms with Gasteiger partial charge in [-0.05, 0) is 18.3 Å². The molecule has 2 heteroatoms. The summed E-state index contributed by atoms with van der Waals surface area (Å²) < 4.78 is 0. The Morgan fingerprint density at radius 2 is 2.00 bits per heavy atom. The van der Waals surface area contributed by atoms with Gasteiger partial charge in [0.05, 0.1) is 0 Å². The summed E-state index contributed by atoms with van der Waals surface area (Å²) in [6, 6.07) is 0. The van der Waals surface area contributed by atoms with E-state index in [-0.39, 0.29) is 0 Å². The normalized spacial score (nSPS) is 20.6. The van der Waals surface area contributed by atoms with Crippen molar-refractivity contribution in [1.82, 2.24) is 0 Å². The Bertz CT molecular complexity index is 171. The van der Waals surface area contributed by atoms with Crippen molar-refractivity contribution in [2.24, 2.45) is 11.8 Å². The minimum absolute atomic E-state index is 0.340. The number of aliphatic carboxylic acids is 1. The molecule has 0 radical (unpaired) electrons. The van der Waals surface area contributed by atoms with Crippen molar-refractivity contribution >= 4 is 5.97 Å². The number of carboxylic acids is 1. The molecule has 1 N–H and O–H groups in total. The van der Waals surface area contributed by atoms with Gasteiger partial charge >= 0.3 is 5.97 Å². The molecule has 0 aliphatic heterocycles. The Hall–Kier alpha value is -0.530. The molecular weight excluding hydrogens is 176 g/mol. The molecule has 1 fully saturated rings. The van der Waals surface area contributed by atoms with Gasteiger partial charge in [0.25, 0.3) is 0 Å². The summed E-state index contributed by atoms with van der Waals surface area (Å²) in [5, 5.41) is 8.62. The molecule has 0 bridgehead atoms. The zero-order valence-corrected chi connectivity index (χ0v) is 9.17. The molecule has 0 amide bonds. The summed E-state index contributed by atoms with van der Waals surface area (Å²) in [5.74, 6) is 0.593. The second-order valence-electron chi connectivity index (χ2n) is 4.78. The molecule has 0 aromatic heterocycles. The first-order chi connectivity index (χ1) is 6.68. The molecule has 0 spiro atoms. The standard InChI is InChI=1S/C12H22O2/c1-10(9-12(13)14)7-8-11-5-3-2-4-6-11/h10-11H,2-9H2,1H3,(H,13,14). The Balaban J connectivity index is 2.09. The molecule has 0 aromatic carbocycles. The summed E-state index contributed by atoms with van der Waals surface area (Å²) in [7, 11) is 0. The van der Waals surface area contributed by atoms with Crippen molar-refractivity contribution < 1.29 is 9.90 Å². The predicted molar refractivity (Wildman–Crippen MR) is 57.2 cm³/mol. The minimum Gasteiger partial charge on any atom is -0.481 e. The molecule has 0 heterocycles. The first kappa shape index (κ1) is 11.5. The number of hydrogen-bond acceptors (Lipinski definition) is 1. The van der Waals surface area contributed by atoms with Gasteiger partial charge in [-0.15, -0.1) is 0 Å². The molecule has 1 aliphatic carbocycles. The van der Waals surface area contributed by atoms with Crippen LogP contribution in [0.5, 0.6) is 0 Å². The van der Waals surface area contributed by atoms with Crippen LogP contribution in [-0.4, -0.2) is 11.1 Å². The highest BCUT2D eigenvalue weighted by Crippen LogP contribution is 2.28. The van der Waals surface area contributed by atoms with Crippen molar-refractivity contribution in [3.63, 3.8) is 0 Å². The van der Waals surface area contributed by atoms with Gasteiger partial charge in [-0.3, -0.25) is 4.79 Å². The number of carbonyl (C=O) groups is 1. The van der Waals surface area contributed by atoms with E-state index < -0.39 is 5.97 Å². The van der Waals surface area contributed by atoms with Crippen molar-refractivity contribution in [3.8, 4) is 0 Å². The first-order valence-electron chi connectivity index (χ1n) is 5.90. The second kappa shape index (κ2) is 6.05. The van der Waals surface area contributed by atoms with Gasteiger partial charge in [0, 0.05) is 6.42 Å². The highest BCUT2D eigenvalue weighted by molar-refractivity contribution is 5.66. The van der Waals surface area contributed by atoms with Crippen LogP contribution >= 0.6 is 0 Å². The van der Waals surface area contributed by atoms with Crippen LogP contribution in [-0.2, 0) is 4.79 Å². The van der Waals surface area contributed by atoms with Gasteiger partial charge < -0.3 is 5.11 Å². The van der Waals surface area contributed by atoms with Crippen LogP contribution in [0, 0.1) is 11.8 Å². The fourth-order valence-electron chi connectivity index (χ4n) is 2.40. The van der Waals surface area contributed by atoms with Crippen LogP contribution in [0.4, 0.5) is 0 Å². The first-order valence-corrected chi connectivity index (χ1v) is 5.90. The lowest BCUT2D eigenvalue weighted by molar-refractivity contribution is -0.138. The van der Waals surface area contributed by atoms with E-state index >= 15 is 0 Å². The summed E-state index contributed by atoms with van der Waals surface area (Å²) >= 11 is 0. The van der Waals surface area contributed by atoms with E-state index in [1.165, 1.54) is 38.5 Å². The average Bonchev–Trinajstić information content (AvgIpc) is 2.15. The molecule has 14 heavy (non-hydrogen) atoms. The average molecular weight is 198 g/mol. The van der Waals surface area contributed by atoms with Gasteiger partial charge in [0.15, 0.2) is 0 Å². The quantitative estimate of drug-likeness (QED) is 0.734. The molecule has 0 saturated heterocycles. The van der Waals surface area contributed by atoms with Gasteiger partial charge in [-0.1, -0.05) is 45.4 Å². The van der Waals surface area contributed by atoms with Crippen LogP contribution in [0.2, 0.25) is 0 Å². The number of rotatable bonds is 5. The van der Waals surface area contributed by atoms with E-state index in [4.69, 9.17) is 5.11 Å². The Labute approximate surface area is 86.7 Å². The molecule has 1 saturated carbocycles. The van der Waals surface area contributed by atoms with Crippen molar-refractivity contribution in [1.29, 1.82) is 0 Å². The molecule has 2 nitrogen and oxygen atoms in total. The lowest BCUT2D eigenvalue weighted by Crippen LogP contribution is -2.10. The highest BCUT2D eigenvalue weighted by atomic mass is 16.4. The maximum atomic E-state index is 10.5. The third kappa shape index (κ3) is 4.64. The van der Waals surface area contributed by atoms with Crippen molar-refractivity contribution in [2.45, 2.75) is 58.3 Å². The lowest BCUT2D eigenvalue weighted by Gasteiger charge is -2.22. The molecular formula is C12H22O2. The molecule has 1 atom stereocenters. The Morgan fingerprint density at radius 1 is 1.36 bits per heavy atom. The minimum atomic E-state index is -0.652. The zero-order chi connectivity index (χ0) is 10.4. The predicted octanol–water partition coefficient (Wildman–Crippen LogP) is 3.46. The van der Waals surface area contributed by atoms with Crippen molar-refractivity contribution in [3.05, 3.63) is 0 Å². The van der Waals surface area contributed by atoms with Gasteiger partial charge in [0.2, 0.25) is 0 Å². The third-order valence-corrected chi connectivity index (χ3v) is 3.32. The van der Waals surface area contributed by atoms with E-state index in [0.29, 0.717) is 12.3 Å². The summed E-state index contributed by atoms with van der Waals surface area (Å²) in [4.78, 5) is 10.5. The van der Waals surface area contributed by atoms with E-state index in [0.717, 1.165) is 12.3 Å². The molecule has 82 valence electrons. The van der Waals surface area contributed by atoms with E-state index in [1.807, 2.05) is 0 Å². The topological polar surface area (TPSA) is 37.3 Å². The van der Waals surface area contributed by atoms with Crippen LogP contribution in [0.25, 0.3) is 0 Å². The maximum Gasteiger partial charge on any atom is 0.303 e. The van der Waals surface area contributed by atoms with Gasteiger partial charge in [0.1, 0.15) is 0 Å². The Kier molecular flexibility index (Phi) is 4.99. The van der Waals surface area contributed by atoms with Crippen LogP contribution in [0.3, 0.4) is 0 Å². The highest BCUT2D eigenvalue weighted by Gasteiger charge is 2.15. The smallest absolute Gasteiger partial charge is 0.303 e. The summed E-state index contributed by atoms with van der Waals surface area (Å²) in [6.45, 7) is 2.05. The third-order valence-electron chi connectivity index (χ3n) is 3.32. The molecule has 1 aliphatic rings. The van der Waals surface area contributed by atoms with Crippen molar-refractivity contribution in [2.75, 3.05) is 0 Å².